The van der Waals surface area contributed by atoms with Gasteiger partial charge in [0.1, 0.15) is 5.69 Å². The predicted octanol–water partition coefficient (Wildman–Crippen LogP) is 1.49. The molecule has 0 unspecified atom stereocenters. The number of nitriles is 2. The molecular formula is C12H13N5O2. The van der Waals surface area contributed by atoms with Crippen LogP contribution in [0.1, 0.15) is 5.56 Å². The summed E-state index contributed by atoms with van der Waals surface area (Å²) in [5, 5.41) is 31.1. The van der Waals surface area contributed by atoms with E-state index in [1.54, 1.807) is 24.1 Å². The monoisotopic (exact) mass is 259 g/mol. The van der Waals surface area contributed by atoms with E-state index in [4.69, 9.17) is 10.5 Å². The van der Waals surface area contributed by atoms with E-state index < -0.39 is 4.92 Å². The molecule has 0 spiro atoms. The van der Waals surface area contributed by atoms with Gasteiger partial charge in [0.15, 0.2) is 0 Å². The van der Waals surface area contributed by atoms with E-state index in [0.717, 1.165) is 0 Å². The summed E-state index contributed by atoms with van der Waals surface area (Å²) in [5.41, 5.74) is 1.07. The fraction of sp³-hybridized carbons (Fsp3) is 0.333. The van der Waals surface area contributed by atoms with E-state index in [-0.39, 0.29) is 18.8 Å². The highest BCUT2D eigenvalue weighted by Crippen LogP contribution is 2.28. The normalized spacial score (nSPS) is 9.68. The van der Waals surface area contributed by atoms with Crippen molar-refractivity contribution in [2.24, 2.45) is 0 Å². The van der Waals surface area contributed by atoms with Gasteiger partial charge in [0.05, 0.1) is 30.2 Å². The summed E-state index contributed by atoms with van der Waals surface area (Å²) in [7, 11) is 1.60. The summed E-state index contributed by atoms with van der Waals surface area (Å²) in [6.07, 6.45) is 0. The third kappa shape index (κ3) is 3.66. The van der Waals surface area contributed by atoms with Gasteiger partial charge in [-0.15, -0.1) is 0 Å². The highest BCUT2D eigenvalue weighted by Gasteiger charge is 2.17. The highest BCUT2D eigenvalue weighted by molar-refractivity contribution is 5.66. The summed E-state index contributed by atoms with van der Waals surface area (Å²) in [4.78, 5) is 12.1. The van der Waals surface area contributed by atoms with Crippen LogP contribution < -0.4 is 5.32 Å². The molecule has 0 amide bonds. The smallest absolute Gasteiger partial charge is 0.292 e. The van der Waals surface area contributed by atoms with Gasteiger partial charge < -0.3 is 5.32 Å². The maximum Gasteiger partial charge on any atom is 0.292 e. The summed E-state index contributed by atoms with van der Waals surface area (Å²) < 4.78 is 0. The van der Waals surface area contributed by atoms with Crippen molar-refractivity contribution < 1.29 is 4.92 Å². The first-order chi connectivity index (χ1) is 9.13. The molecule has 0 heterocycles. The molecule has 0 saturated carbocycles. The Labute approximate surface area is 110 Å². The van der Waals surface area contributed by atoms with Crippen LogP contribution in [0.15, 0.2) is 18.2 Å². The Kier molecular flexibility index (Phi) is 5.27. The zero-order chi connectivity index (χ0) is 14.3. The molecule has 0 bridgehead atoms. The zero-order valence-electron chi connectivity index (χ0n) is 10.5. The Morgan fingerprint density at radius 2 is 2.00 bits per heavy atom. The van der Waals surface area contributed by atoms with Gasteiger partial charge in [-0.3, -0.25) is 15.0 Å². The number of hydrogen-bond acceptors (Lipinski definition) is 6. The molecule has 0 aliphatic carbocycles. The van der Waals surface area contributed by atoms with E-state index in [2.05, 4.69) is 5.32 Å². The number of nitro groups is 1. The summed E-state index contributed by atoms with van der Waals surface area (Å²) >= 11 is 0. The highest BCUT2D eigenvalue weighted by atomic mass is 16.6. The van der Waals surface area contributed by atoms with Gasteiger partial charge in [0.25, 0.3) is 5.69 Å². The third-order valence-corrected chi connectivity index (χ3v) is 2.56. The second-order valence-corrected chi connectivity index (χ2v) is 3.78. The van der Waals surface area contributed by atoms with Gasteiger partial charge >= 0.3 is 0 Å². The largest absolute Gasteiger partial charge is 0.382 e. The Morgan fingerprint density at radius 1 is 1.37 bits per heavy atom. The Morgan fingerprint density at radius 3 is 2.47 bits per heavy atom. The van der Waals surface area contributed by atoms with Crippen LogP contribution >= 0.6 is 0 Å². The number of para-hydroxylation sites is 1. The van der Waals surface area contributed by atoms with Crippen LogP contribution in [0.2, 0.25) is 0 Å². The number of nitro benzene ring substituents is 1. The van der Waals surface area contributed by atoms with E-state index >= 15 is 0 Å². The first-order valence-corrected chi connectivity index (χ1v) is 5.54. The van der Waals surface area contributed by atoms with Crippen LogP contribution in [0.25, 0.3) is 0 Å². The molecule has 0 fully saturated rings. The number of anilines is 1. The lowest BCUT2D eigenvalue weighted by Gasteiger charge is -2.17. The average molecular weight is 259 g/mol. The molecule has 0 atom stereocenters. The molecule has 0 aliphatic heterocycles. The first kappa shape index (κ1) is 14.4. The Balaban J connectivity index is 3.07. The SMILES string of the molecule is CNc1c(CN(CC#N)CC#N)cccc1[N+](=O)[O-]. The molecular weight excluding hydrogens is 246 g/mol. The van der Waals surface area contributed by atoms with Gasteiger partial charge in [-0.05, 0) is 5.56 Å². The molecule has 0 aliphatic rings. The summed E-state index contributed by atoms with van der Waals surface area (Å²) in [6.45, 7) is 0.498. The summed E-state index contributed by atoms with van der Waals surface area (Å²) in [5.74, 6) is 0. The minimum atomic E-state index is -0.464. The van der Waals surface area contributed by atoms with Crippen LogP contribution in [0.3, 0.4) is 0 Å². The molecule has 1 N–H and O–H groups in total. The fourth-order valence-electron chi connectivity index (χ4n) is 1.77. The molecule has 1 aromatic carbocycles. The van der Waals surface area contributed by atoms with Gasteiger partial charge in [-0.2, -0.15) is 10.5 Å². The molecule has 0 saturated heterocycles. The van der Waals surface area contributed by atoms with E-state index in [0.29, 0.717) is 17.8 Å². The van der Waals surface area contributed by atoms with Gasteiger partial charge in [-0.1, -0.05) is 12.1 Å². The molecule has 7 heteroatoms. The van der Waals surface area contributed by atoms with Crippen molar-refractivity contribution in [1.82, 2.24) is 4.90 Å². The second-order valence-electron chi connectivity index (χ2n) is 3.78. The summed E-state index contributed by atoms with van der Waals surface area (Å²) in [6, 6.07) is 8.67. The minimum absolute atomic E-state index is 0.0196. The second kappa shape index (κ2) is 6.94. The van der Waals surface area contributed by atoms with Crippen molar-refractivity contribution >= 4 is 11.4 Å². The molecule has 19 heavy (non-hydrogen) atoms. The number of nitrogens with one attached hydrogen (secondary N) is 1. The van der Waals surface area contributed by atoms with Crippen LogP contribution in [-0.2, 0) is 6.54 Å². The van der Waals surface area contributed by atoms with Crippen LogP contribution in [0.4, 0.5) is 11.4 Å². The standard InChI is InChI=1S/C12H13N5O2/c1-15-12-10(3-2-4-11(12)17(18)19)9-16(7-5-13)8-6-14/h2-4,15H,7-9H2,1H3. The van der Waals surface area contributed by atoms with Crippen molar-refractivity contribution in [3.8, 4) is 12.1 Å². The Hall–Kier alpha value is -2.64. The quantitative estimate of drug-likeness (QED) is 0.471. The number of benzene rings is 1. The lowest BCUT2D eigenvalue weighted by molar-refractivity contribution is -0.384. The van der Waals surface area contributed by atoms with Crippen molar-refractivity contribution in [2.75, 3.05) is 25.5 Å². The molecule has 1 rings (SSSR count). The average Bonchev–Trinajstić information content (AvgIpc) is 2.39. The maximum atomic E-state index is 10.9. The van der Waals surface area contributed by atoms with E-state index in [9.17, 15) is 10.1 Å². The van der Waals surface area contributed by atoms with Crippen molar-refractivity contribution in [3.63, 3.8) is 0 Å². The van der Waals surface area contributed by atoms with Crippen LogP contribution in [0.5, 0.6) is 0 Å². The zero-order valence-corrected chi connectivity index (χ0v) is 10.5. The topological polar surface area (TPSA) is 106 Å². The van der Waals surface area contributed by atoms with Gasteiger partial charge in [0.2, 0.25) is 0 Å². The molecule has 7 nitrogen and oxygen atoms in total. The van der Waals surface area contributed by atoms with Crippen molar-refractivity contribution in [1.29, 1.82) is 10.5 Å². The van der Waals surface area contributed by atoms with Crippen LogP contribution in [0, 0.1) is 32.8 Å². The molecule has 0 radical (unpaired) electrons. The van der Waals surface area contributed by atoms with Crippen molar-refractivity contribution in [3.05, 3.63) is 33.9 Å². The minimum Gasteiger partial charge on any atom is -0.382 e. The lowest BCUT2D eigenvalue weighted by Crippen LogP contribution is -2.24. The number of rotatable bonds is 6. The predicted molar refractivity (Wildman–Crippen MR) is 69.1 cm³/mol. The van der Waals surface area contributed by atoms with Gasteiger partial charge in [0, 0.05) is 19.7 Å². The van der Waals surface area contributed by atoms with Crippen molar-refractivity contribution in [2.45, 2.75) is 6.54 Å². The fourth-order valence-corrected chi connectivity index (χ4v) is 1.77. The third-order valence-electron chi connectivity index (χ3n) is 2.56. The lowest BCUT2D eigenvalue weighted by atomic mass is 10.1. The molecule has 0 aromatic heterocycles. The van der Waals surface area contributed by atoms with E-state index in [1.807, 2.05) is 12.1 Å². The number of hydrogen-bond donors (Lipinski definition) is 1. The van der Waals surface area contributed by atoms with E-state index in [1.165, 1.54) is 6.07 Å². The maximum absolute atomic E-state index is 10.9. The first-order valence-electron chi connectivity index (χ1n) is 5.54. The Bertz CT molecular complexity index is 528. The van der Waals surface area contributed by atoms with Crippen LogP contribution in [-0.4, -0.2) is 30.0 Å². The molecule has 1 aromatic rings. The van der Waals surface area contributed by atoms with Gasteiger partial charge in [-0.25, -0.2) is 0 Å². The molecule has 98 valence electrons. The number of nitrogens with zero attached hydrogens (tertiary/aromatic N) is 4.